The van der Waals surface area contributed by atoms with Gasteiger partial charge < -0.3 is 14.4 Å². The van der Waals surface area contributed by atoms with Gasteiger partial charge in [-0.15, -0.1) is 59.7 Å². The quantitative estimate of drug-likeness (QED) is 0.173. The second-order valence-electron chi connectivity index (χ2n) is 9.47. The van der Waals surface area contributed by atoms with Crippen molar-refractivity contribution in [2.24, 2.45) is 0 Å². The number of aromatic nitrogens is 2. The van der Waals surface area contributed by atoms with Gasteiger partial charge in [0.25, 0.3) is 0 Å². The summed E-state index contributed by atoms with van der Waals surface area (Å²) in [6, 6.07) is 43.0. The van der Waals surface area contributed by atoms with Crippen LogP contribution in [0.2, 0.25) is 0 Å². The minimum absolute atomic E-state index is 0. The van der Waals surface area contributed by atoms with E-state index in [4.69, 9.17) is 4.42 Å². The van der Waals surface area contributed by atoms with Crippen molar-refractivity contribution in [3.05, 3.63) is 145 Å². The first-order valence-electron chi connectivity index (χ1n) is 12.9. The molecule has 0 amide bonds. The Morgan fingerprint density at radius 2 is 1.43 bits per heavy atom. The van der Waals surface area contributed by atoms with Crippen LogP contribution in [-0.4, -0.2) is 9.97 Å². The van der Waals surface area contributed by atoms with Crippen LogP contribution in [0, 0.1) is 26.0 Å². The Morgan fingerprint density at radius 1 is 0.650 bits per heavy atom. The van der Waals surface area contributed by atoms with Crippen molar-refractivity contribution >= 4 is 21.9 Å². The van der Waals surface area contributed by atoms with Crippen LogP contribution in [0.4, 0.5) is 0 Å². The molecular formula is C36H26IrN2O-2. The normalized spacial score (nSPS) is 10.6. The molecule has 0 aliphatic rings. The Hall–Kier alpha value is -4.37. The second-order valence-corrected chi connectivity index (χ2v) is 9.47. The summed E-state index contributed by atoms with van der Waals surface area (Å²) < 4.78 is 5.82. The van der Waals surface area contributed by atoms with E-state index in [2.05, 4.69) is 72.3 Å². The molecule has 40 heavy (non-hydrogen) atoms. The van der Waals surface area contributed by atoms with Crippen molar-refractivity contribution < 1.29 is 24.5 Å². The van der Waals surface area contributed by atoms with Gasteiger partial charge in [0, 0.05) is 43.4 Å². The number of furan rings is 1. The Balaban J connectivity index is 0.000000158. The summed E-state index contributed by atoms with van der Waals surface area (Å²) in [5, 5.41) is 2.24. The zero-order valence-corrected chi connectivity index (χ0v) is 24.6. The third kappa shape index (κ3) is 5.79. The average molecular weight is 695 g/mol. The third-order valence-corrected chi connectivity index (χ3v) is 6.68. The molecule has 3 nitrogen and oxygen atoms in total. The van der Waals surface area contributed by atoms with E-state index in [0.717, 1.165) is 44.5 Å². The van der Waals surface area contributed by atoms with E-state index in [1.165, 1.54) is 22.3 Å². The fourth-order valence-corrected chi connectivity index (χ4v) is 4.68. The van der Waals surface area contributed by atoms with Crippen LogP contribution in [0.15, 0.2) is 126 Å². The topological polar surface area (TPSA) is 38.9 Å². The summed E-state index contributed by atoms with van der Waals surface area (Å²) in [6.45, 7) is 4.19. The smallest absolute Gasteiger partial charge is 0.120 e. The van der Waals surface area contributed by atoms with E-state index < -0.39 is 0 Å². The molecule has 4 aromatic carbocycles. The Labute approximate surface area is 247 Å². The number of hydrogen-bond acceptors (Lipinski definition) is 3. The van der Waals surface area contributed by atoms with Gasteiger partial charge in [-0.25, -0.2) is 0 Å². The molecule has 0 fully saturated rings. The zero-order valence-electron chi connectivity index (χ0n) is 22.2. The summed E-state index contributed by atoms with van der Waals surface area (Å²) in [4.78, 5) is 8.97. The van der Waals surface area contributed by atoms with Gasteiger partial charge in [-0.2, -0.15) is 0 Å². The van der Waals surface area contributed by atoms with Crippen LogP contribution in [0.25, 0.3) is 55.6 Å². The predicted octanol–water partition coefficient (Wildman–Crippen LogP) is 9.28. The van der Waals surface area contributed by atoms with Gasteiger partial charge in [0.1, 0.15) is 5.58 Å². The molecule has 7 aromatic rings. The van der Waals surface area contributed by atoms with Gasteiger partial charge >= 0.3 is 0 Å². The molecule has 0 unspecified atom stereocenters. The van der Waals surface area contributed by atoms with Crippen molar-refractivity contribution in [1.29, 1.82) is 0 Å². The fraction of sp³-hybridized carbons (Fsp3) is 0.0556. The Bertz CT molecular complexity index is 1880. The van der Waals surface area contributed by atoms with E-state index in [0.29, 0.717) is 0 Å². The van der Waals surface area contributed by atoms with Crippen LogP contribution in [0.5, 0.6) is 0 Å². The van der Waals surface area contributed by atoms with Gasteiger partial charge in [-0.1, -0.05) is 71.6 Å². The van der Waals surface area contributed by atoms with Crippen LogP contribution in [0.3, 0.4) is 0 Å². The number of para-hydroxylation sites is 1. The van der Waals surface area contributed by atoms with E-state index >= 15 is 0 Å². The first-order valence-corrected chi connectivity index (χ1v) is 12.9. The van der Waals surface area contributed by atoms with E-state index in [1.54, 1.807) is 0 Å². The fourth-order valence-electron chi connectivity index (χ4n) is 4.68. The minimum atomic E-state index is 0. The summed E-state index contributed by atoms with van der Waals surface area (Å²) in [6.07, 6.45) is 3.77. The van der Waals surface area contributed by atoms with Crippen LogP contribution in [0.1, 0.15) is 11.1 Å². The van der Waals surface area contributed by atoms with Gasteiger partial charge in [-0.3, -0.25) is 0 Å². The van der Waals surface area contributed by atoms with Crippen LogP contribution >= 0.6 is 0 Å². The molecular weight excluding hydrogens is 669 g/mol. The third-order valence-electron chi connectivity index (χ3n) is 6.68. The first kappa shape index (κ1) is 27.2. The molecule has 0 aliphatic heterocycles. The van der Waals surface area contributed by atoms with Crippen molar-refractivity contribution in [3.63, 3.8) is 0 Å². The minimum Gasteiger partial charge on any atom is -0.500 e. The molecule has 0 spiro atoms. The number of rotatable bonds is 3. The Morgan fingerprint density at radius 3 is 2.20 bits per heavy atom. The summed E-state index contributed by atoms with van der Waals surface area (Å²) in [5.74, 6) is 0. The van der Waals surface area contributed by atoms with Crippen molar-refractivity contribution in [3.8, 4) is 33.6 Å². The molecule has 0 aliphatic carbocycles. The van der Waals surface area contributed by atoms with Crippen molar-refractivity contribution in [2.45, 2.75) is 13.8 Å². The maximum atomic E-state index is 5.82. The molecule has 0 N–H and O–H groups in total. The molecule has 3 heterocycles. The Kier molecular flexibility index (Phi) is 8.31. The maximum absolute atomic E-state index is 5.82. The number of fused-ring (bicyclic) bond motifs is 3. The van der Waals surface area contributed by atoms with Crippen LogP contribution in [-0.2, 0) is 20.1 Å². The zero-order chi connectivity index (χ0) is 26.6. The van der Waals surface area contributed by atoms with Gasteiger partial charge in [0.15, 0.2) is 0 Å². The molecule has 0 bridgehead atoms. The van der Waals surface area contributed by atoms with Crippen molar-refractivity contribution in [1.82, 2.24) is 9.97 Å². The maximum Gasteiger partial charge on any atom is 0.120 e. The molecule has 4 heteroatoms. The second kappa shape index (κ2) is 12.2. The number of nitrogens with zero attached hydrogens (tertiary/aromatic N) is 2. The van der Waals surface area contributed by atoms with E-state index in [9.17, 15) is 0 Å². The van der Waals surface area contributed by atoms with E-state index in [-0.39, 0.29) is 20.1 Å². The molecule has 7 rings (SSSR count). The standard InChI is InChI=1S/C18H12NO.C18H14N.Ir/c1-12-8-9-19-16(10-12)13-6-7-18-15(11-13)14-4-2-3-5-17(14)20-18;1-14-12-18(16-10-6-3-7-11-16)19-13-17(14)15-8-4-2-5-9-15;/h2-5,7-11H,1H3;2-10,12-13H,1H3;/q2*-1;. The molecule has 0 saturated heterocycles. The predicted molar refractivity (Wildman–Crippen MR) is 159 cm³/mol. The van der Waals surface area contributed by atoms with E-state index in [1.807, 2.05) is 85.2 Å². The molecule has 1 radical (unpaired) electrons. The van der Waals surface area contributed by atoms with Crippen molar-refractivity contribution in [2.75, 3.05) is 0 Å². The van der Waals surface area contributed by atoms with Gasteiger partial charge in [0.05, 0.1) is 5.58 Å². The molecule has 3 aromatic heterocycles. The van der Waals surface area contributed by atoms with Gasteiger partial charge in [0.2, 0.25) is 0 Å². The number of aryl methyl sites for hydroxylation is 2. The summed E-state index contributed by atoms with van der Waals surface area (Å²) in [5.41, 5.74) is 10.5. The molecule has 197 valence electrons. The monoisotopic (exact) mass is 695 g/mol. The molecule has 0 atom stereocenters. The molecule has 0 saturated carbocycles. The summed E-state index contributed by atoms with van der Waals surface area (Å²) >= 11 is 0. The SMILES string of the molecule is Cc1cc(-c2[c-]cccc2)ncc1-c1ccccc1.Cc1ccnc(-c2[c-]cc3oc4ccccc4c3c2)c1.[Ir]. The average Bonchev–Trinajstić information content (AvgIpc) is 3.36. The largest absolute Gasteiger partial charge is 0.500 e. The first-order chi connectivity index (χ1) is 19.2. The summed E-state index contributed by atoms with van der Waals surface area (Å²) in [7, 11) is 0. The number of benzene rings is 4. The van der Waals surface area contributed by atoms with Crippen LogP contribution < -0.4 is 0 Å². The number of pyridine rings is 2. The number of hydrogen-bond donors (Lipinski definition) is 0. The van der Waals surface area contributed by atoms with Gasteiger partial charge in [-0.05, 0) is 48.5 Å².